The van der Waals surface area contributed by atoms with Crippen LogP contribution in [0.4, 0.5) is 4.79 Å². The molecule has 0 aromatic heterocycles. The van der Waals surface area contributed by atoms with Crippen LogP contribution in [0.3, 0.4) is 0 Å². The van der Waals surface area contributed by atoms with Crippen molar-refractivity contribution in [3.63, 3.8) is 0 Å². The van der Waals surface area contributed by atoms with Crippen molar-refractivity contribution in [2.45, 2.75) is 19.1 Å². The minimum Gasteiger partial charge on any atom is -0.453 e. The molecule has 2 N–H and O–H groups in total. The molecular formula is C11H14ClNO3. The molecule has 1 amide bonds. The molecule has 4 nitrogen and oxygen atoms in total. The van der Waals surface area contributed by atoms with Crippen molar-refractivity contribution in [3.8, 4) is 0 Å². The fourth-order valence-electron chi connectivity index (χ4n) is 1.36. The fraction of sp³-hybridized carbons (Fsp3) is 0.364. The Morgan fingerprint density at radius 2 is 2.19 bits per heavy atom. The largest absolute Gasteiger partial charge is 0.453 e. The number of aliphatic hydroxyl groups is 1. The van der Waals surface area contributed by atoms with Gasteiger partial charge >= 0.3 is 6.09 Å². The van der Waals surface area contributed by atoms with Crippen LogP contribution in [0.5, 0.6) is 0 Å². The van der Waals surface area contributed by atoms with Gasteiger partial charge in [-0.25, -0.2) is 4.79 Å². The van der Waals surface area contributed by atoms with Crippen LogP contribution in [0.1, 0.15) is 18.9 Å². The molecule has 88 valence electrons. The molecular weight excluding hydrogens is 230 g/mol. The van der Waals surface area contributed by atoms with Crippen molar-refractivity contribution in [2.24, 2.45) is 0 Å². The molecule has 1 aromatic rings. The Morgan fingerprint density at radius 3 is 2.69 bits per heavy atom. The van der Waals surface area contributed by atoms with Gasteiger partial charge in [-0.1, -0.05) is 36.7 Å². The Balaban J connectivity index is 3.05. The molecule has 0 aliphatic carbocycles. The molecule has 5 heteroatoms. The number of hydrogen-bond acceptors (Lipinski definition) is 3. The number of rotatable bonds is 3. The summed E-state index contributed by atoms with van der Waals surface area (Å²) in [6.07, 6.45) is -0.421. The number of carbonyl (C=O) groups excluding carboxylic acids is 1. The average molecular weight is 244 g/mol. The van der Waals surface area contributed by atoms with Crippen LogP contribution in [-0.2, 0) is 10.5 Å². The smallest absolute Gasteiger partial charge is 0.409 e. The van der Waals surface area contributed by atoms with Crippen LogP contribution >= 0.6 is 11.6 Å². The second-order valence-corrected chi connectivity index (χ2v) is 3.72. The lowest BCUT2D eigenvalue weighted by Gasteiger charge is -2.28. The average Bonchev–Trinajstić information content (AvgIpc) is 2.29. The SMILES string of the molecule is CC[C@](O)(NC(=O)OC)c1ccccc1Cl. The lowest BCUT2D eigenvalue weighted by atomic mass is 10.0. The second-order valence-electron chi connectivity index (χ2n) is 3.31. The van der Waals surface area contributed by atoms with E-state index in [1.54, 1.807) is 31.2 Å². The Labute approximate surface area is 99.2 Å². The number of hydrogen-bond donors (Lipinski definition) is 2. The highest BCUT2D eigenvalue weighted by molar-refractivity contribution is 6.31. The van der Waals surface area contributed by atoms with Crippen molar-refractivity contribution >= 4 is 17.7 Å². The number of carbonyl (C=O) groups is 1. The highest BCUT2D eigenvalue weighted by Gasteiger charge is 2.31. The summed E-state index contributed by atoms with van der Waals surface area (Å²) in [6.45, 7) is 1.74. The summed E-state index contributed by atoms with van der Waals surface area (Å²) < 4.78 is 4.46. The summed E-state index contributed by atoms with van der Waals surface area (Å²) in [6, 6.07) is 6.79. The molecule has 0 spiro atoms. The van der Waals surface area contributed by atoms with E-state index in [0.717, 1.165) is 0 Å². The molecule has 1 rings (SSSR count). The van der Waals surface area contributed by atoms with Crippen LogP contribution < -0.4 is 5.32 Å². The Hall–Kier alpha value is -1.26. The number of alkyl carbamates (subject to hydrolysis) is 1. The van der Waals surface area contributed by atoms with E-state index in [1.807, 2.05) is 0 Å². The van der Waals surface area contributed by atoms with E-state index in [9.17, 15) is 9.90 Å². The minimum atomic E-state index is -1.51. The van der Waals surface area contributed by atoms with E-state index in [4.69, 9.17) is 11.6 Å². The van der Waals surface area contributed by atoms with E-state index >= 15 is 0 Å². The Bertz CT molecular complexity index is 383. The lowest BCUT2D eigenvalue weighted by molar-refractivity contribution is -0.00142. The van der Waals surface area contributed by atoms with Gasteiger partial charge in [-0.15, -0.1) is 0 Å². The van der Waals surface area contributed by atoms with E-state index in [1.165, 1.54) is 7.11 Å². The molecule has 0 saturated heterocycles. The van der Waals surface area contributed by atoms with Gasteiger partial charge in [0.25, 0.3) is 0 Å². The summed E-state index contributed by atoms with van der Waals surface area (Å²) in [7, 11) is 1.23. The van der Waals surface area contributed by atoms with Crippen LogP contribution in [0.25, 0.3) is 0 Å². The molecule has 0 saturated carbocycles. The number of ether oxygens (including phenoxy) is 1. The van der Waals surface area contributed by atoms with Gasteiger partial charge in [-0.05, 0) is 12.5 Å². The maximum atomic E-state index is 11.1. The summed E-state index contributed by atoms with van der Waals surface area (Å²) >= 11 is 5.96. The second kappa shape index (κ2) is 5.18. The predicted octanol–water partition coefficient (Wildman–Crippen LogP) is 2.25. The first kappa shape index (κ1) is 12.8. The minimum absolute atomic E-state index is 0.284. The summed E-state index contributed by atoms with van der Waals surface area (Å²) in [5.41, 5.74) is -1.06. The summed E-state index contributed by atoms with van der Waals surface area (Å²) in [5.74, 6) is 0. The molecule has 0 fully saturated rings. The standard InChI is InChI=1S/C11H14ClNO3/c1-3-11(15,13-10(14)16-2)8-6-4-5-7-9(8)12/h4-7,15H,3H2,1-2H3,(H,13,14)/t11-/m1/s1. The molecule has 0 aliphatic rings. The van der Waals surface area contributed by atoms with Gasteiger partial charge in [0.05, 0.1) is 7.11 Å². The van der Waals surface area contributed by atoms with Crippen molar-refractivity contribution in [1.82, 2.24) is 5.32 Å². The summed E-state index contributed by atoms with van der Waals surface area (Å²) in [4.78, 5) is 11.1. The zero-order valence-corrected chi connectivity index (χ0v) is 9.91. The van der Waals surface area contributed by atoms with Gasteiger partial charge in [-0.3, -0.25) is 5.32 Å². The highest BCUT2D eigenvalue weighted by Crippen LogP contribution is 2.28. The third kappa shape index (κ3) is 2.65. The van der Waals surface area contributed by atoms with Crippen LogP contribution in [-0.4, -0.2) is 18.3 Å². The van der Waals surface area contributed by atoms with E-state index < -0.39 is 11.8 Å². The zero-order chi connectivity index (χ0) is 12.2. The number of benzene rings is 1. The molecule has 0 unspecified atom stereocenters. The topological polar surface area (TPSA) is 58.6 Å². The molecule has 16 heavy (non-hydrogen) atoms. The van der Waals surface area contributed by atoms with Crippen molar-refractivity contribution < 1.29 is 14.6 Å². The first-order chi connectivity index (χ1) is 7.53. The van der Waals surface area contributed by atoms with E-state index in [2.05, 4.69) is 10.1 Å². The van der Waals surface area contributed by atoms with Crippen molar-refractivity contribution in [2.75, 3.05) is 7.11 Å². The number of amides is 1. The monoisotopic (exact) mass is 243 g/mol. The lowest BCUT2D eigenvalue weighted by Crippen LogP contribution is -2.45. The van der Waals surface area contributed by atoms with E-state index in [0.29, 0.717) is 10.6 Å². The molecule has 0 radical (unpaired) electrons. The summed E-state index contributed by atoms with van der Waals surface area (Å²) in [5, 5.41) is 13.0. The molecule has 0 heterocycles. The third-order valence-electron chi connectivity index (χ3n) is 2.33. The van der Waals surface area contributed by atoms with Gasteiger partial charge in [0.15, 0.2) is 5.72 Å². The third-order valence-corrected chi connectivity index (χ3v) is 2.65. The maximum Gasteiger partial charge on any atom is 0.409 e. The molecule has 0 aliphatic heterocycles. The van der Waals surface area contributed by atoms with Gasteiger partial charge in [0, 0.05) is 10.6 Å². The van der Waals surface area contributed by atoms with Gasteiger partial charge in [0.1, 0.15) is 0 Å². The fourth-order valence-corrected chi connectivity index (χ4v) is 1.65. The number of halogens is 1. The maximum absolute atomic E-state index is 11.1. The van der Waals surface area contributed by atoms with Crippen LogP contribution in [0.15, 0.2) is 24.3 Å². The quantitative estimate of drug-likeness (QED) is 0.801. The van der Waals surface area contributed by atoms with Gasteiger partial charge in [-0.2, -0.15) is 0 Å². The first-order valence-electron chi connectivity index (χ1n) is 4.87. The molecule has 0 bridgehead atoms. The first-order valence-corrected chi connectivity index (χ1v) is 5.25. The number of methoxy groups -OCH3 is 1. The normalized spacial score (nSPS) is 14.0. The Morgan fingerprint density at radius 1 is 1.56 bits per heavy atom. The van der Waals surface area contributed by atoms with E-state index in [-0.39, 0.29) is 6.42 Å². The number of nitrogens with one attached hydrogen (secondary N) is 1. The zero-order valence-electron chi connectivity index (χ0n) is 9.16. The predicted molar refractivity (Wildman–Crippen MR) is 61.2 cm³/mol. The van der Waals surface area contributed by atoms with Gasteiger partial charge < -0.3 is 9.84 Å². The Kier molecular flexibility index (Phi) is 4.15. The highest BCUT2D eigenvalue weighted by atomic mass is 35.5. The van der Waals surface area contributed by atoms with Gasteiger partial charge in [0.2, 0.25) is 0 Å². The van der Waals surface area contributed by atoms with Crippen molar-refractivity contribution in [1.29, 1.82) is 0 Å². The van der Waals surface area contributed by atoms with Crippen molar-refractivity contribution in [3.05, 3.63) is 34.9 Å². The van der Waals surface area contributed by atoms with Crippen LogP contribution in [0, 0.1) is 0 Å². The molecule has 1 atom stereocenters. The van der Waals surface area contributed by atoms with Crippen LogP contribution in [0.2, 0.25) is 5.02 Å². The molecule has 1 aromatic carbocycles.